The van der Waals surface area contributed by atoms with Gasteiger partial charge in [-0.25, -0.2) is 0 Å². The van der Waals surface area contributed by atoms with Crippen molar-refractivity contribution >= 4 is 5.82 Å². The van der Waals surface area contributed by atoms with Gasteiger partial charge in [0.05, 0.1) is 14.2 Å². The fourth-order valence-electron chi connectivity index (χ4n) is 3.32. The number of aromatic nitrogens is 1. The average molecular weight is 432 g/mol. The van der Waals surface area contributed by atoms with E-state index >= 15 is 0 Å². The summed E-state index contributed by atoms with van der Waals surface area (Å²) >= 11 is 0. The third-order valence-electron chi connectivity index (χ3n) is 4.91. The topological polar surface area (TPSA) is 54.6 Å². The van der Waals surface area contributed by atoms with Crippen molar-refractivity contribution in [3.8, 4) is 11.5 Å². The van der Waals surface area contributed by atoms with Crippen LogP contribution in [0.15, 0.2) is 59.4 Å². The Morgan fingerprint density at radius 1 is 0.871 bits per heavy atom. The highest BCUT2D eigenvalue weighted by atomic mass is 19.4. The van der Waals surface area contributed by atoms with Crippen LogP contribution in [0.4, 0.5) is 19.0 Å². The number of alkyl halides is 3. The molecule has 0 atom stereocenters. The van der Waals surface area contributed by atoms with Crippen LogP contribution in [-0.2, 0) is 19.3 Å². The van der Waals surface area contributed by atoms with Crippen LogP contribution in [-0.4, -0.2) is 19.2 Å². The molecule has 0 unspecified atom stereocenters. The largest absolute Gasteiger partial charge is 0.497 e. The number of H-pyrrole nitrogens is 1. The molecule has 0 bridgehead atoms. The summed E-state index contributed by atoms with van der Waals surface area (Å²) in [6.45, 7) is 2.04. The van der Waals surface area contributed by atoms with E-state index < -0.39 is 17.3 Å². The Morgan fingerprint density at radius 2 is 1.32 bits per heavy atom. The number of hydrogen-bond acceptors (Lipinski definition) is 4. The number of aryl methyl sites for hydroxylation is 1. The van der Waals surface area contributed by atoms with E-state index in [4.69, 9.17) is 9.47 Å². The molecule has 0 amide bonds. The average Bonchev–Trinajstić information content (AvgIpc) is 2.72. The smallest absolute Gasteiger partial charge is 0.421 e. The molecule has 1 aromatic heterocycles. The van der Waals surface area contributed by atoms with Crippen LogP contribution in [0.3, 0.4) is 0 Å². The lowest BCUT2D eigenvalue weighted by Gasteiger charge is -2.26. The Balaban J connectivity index is 1.98. The zero-order valence-electron chi connectivity index (χ0n) is 17.4. The molecule has 31 heavy (non-hydrogen) atoms. The molecule has 3 rings (SSSR count). The first kappa shape index (κ1) is 22.3. The lowest BCUT2D eigenvalue weighted by molar-refractivity contribution is -0.139. The number of pyridine rings is 1. The number of nitrogens with zero attached hydrogens (tertiary/aromatic N) is 1. The molecule has 5 nitrogen and oxygen atoms in total. The first-order chi connectivity index (χ1) is 14.7. The fraction of sp³-hybridized carbons (Fsp3) is 0.261. The molecule has 0 radical (unpaired) electrons. The molecule has 0 fully saturated rings. The van der Waals surface area contributed by atoms with E-state index in [1.54, 1.807) is 14.2 Å². The summed E-state index contributed by atoms with van der Waals surface area (Å²) in [5.41, 5.74) is -0.636. The van der Waals surface area contributed by atoms with Crippen molar-refractivity contribution in [2.75, 3.05) is 19.1 Å². The van der Waals surface area contributed by atoms with Gasteiger partial charge >= 0.3 is 6.18 Å². The minimum absolute atomic E-state index is 0.124. The van der Waals surface area contributed by atoms with E-state index in [0.717, 1.165) is 11.1 Å². The van der Waals surface area contributed by atoms with Gasteiger partial charge in [-0.05, 0) is 53.9 Å². The van der Waals surface area contributed by atoms with E-state index in [0.29, 0.717) is 30.4 Å². The summed E-state index contributed by atoms with van der Waals surface area (Å²) < 4.78 is 50.0. The van der Waals surface area contributed by atoms with Crippen LogP contribution in [0.1, 0.15) is 22.3 Å². The van der Waals surface area contributed by atoms with Crippen molar-refractivity contribution < 1.29 is 22.6 Å². The third-order valence-corrected chi connectivity index (χ3v) is 4.91. The molecule has 0 aliphatic heterocycles. The fourth-order valence-corrected chi connectivity index (χ4v) is 3.32. The van der Waals surface area contributed by atoms with E-state index in [1.165, 1.54) is 13.0 Å². The van der Waals surface area contributed by atoms with Crippen LogP contribution in [0, 0.1) is 6.92 Å². The molecule has 2 aromatic carbocycles. The summed E-state index contributed by atoms with van der Waals surface area (Å²) in [4.78, 5) is 16.5. The number of nitrogens with one attached hydrogen (secondary N) is 1. The number of anilines is 1. The zero-order valence-corrected chi connectivity index (χ0v) is 17.4. The number of ether oxygens (including phenoxy) is 2. The van der Waals surface area contributed by atoms with Gasteiger partial charge in [-0.2, -0.15) is 13.2 Å². The summed E-state index contributed by atoms with van der Waals surface area (Å²) in [6, 6.07) is 16.1. The van der Waals surface area contributed by atoms with Gasteiger partial charge in [0, 0.05) is 13.1 Å². The Labute approximate surface area is 178 Å². The Bertz CT molecular complexity index is 1030. The molecule has 8 heteroatoms. The number of rotatable bonds is 7. The zero-order chi connectivity index (χ0) is 22.6. The molecule has 1 heterocycles. The summed E-state index contributed by atoms with van der Waals surface area (Å²) in [6.07, 6.45) is -4.72. The predicted molar refractivity (Wildman–Crippen MR) is 113 cm³/mol. The van der Waals surface area contributed by atoms with Crippen LogP contribution < -0.4 is 19.9 Å². The second-order valence-corrected chi connectivity index (χ2v) is 7.09. The third kappa shape index (κ3) is 5.39. The first-order valence-electron chi connectivity index (χ1n) is 9.53. The lowest BCUT2D eigenvalue weighted by atomic mass is 10.1. The molecule has 3 aromatic rings. The highest BCUT2D eigenvalue weighted by Gasteiger charge is 2.36. The van der Waals surface area contributed by atoms with Crippen LogP contribution in [0.2, 0.25) is 0 Å². The van der Waals surface area contributed by atoms with Gasteiger partial charge < -0.3 is 19.4 Å². The molecular formula is C23H23F3N2O3. The minimum Gasteiger partial charge on any atom is -0.497 e. The monoisotopic (exact) mass is 432 g/mol. The second-order valence-electron chi connectivity index (χ2n) is 7.09. The maximum absolute atomic E-state index is 13.2. The summed E-state index contributed by atoms with van der Waals surface area (Å²) in [5.74, 6) is 1.70. The van der Waals surface area contributed by atoms with E-state index in [9.17, 15) is 18.0 Å². The van der Waals surface area contributed by atoms with Gasteiger partial charge in [-0.3, -0.25) is 4.79 Å². The molecule has 1 N–H and O–H groups in total. The van der Waals surface area contributed by atoms with Crippen molar-refractivity contribution in [3.05, 3.63) is 87.2 Å². The first-order valence-corrected chi connectivity index (χ1v) is 9.53. The van der Waals surface area contributed by atoms with Crippen LogP contribution in [0.25, 0.3) is 0 Å². The maximum Gasteiger partial charge on any atom is 0.421 e. The molecule has 164 valence electrons. The van der Waals surface area contributed by atoms with E-state index in [-0.39, 0.29) is 5.56 Å². The summed E-state index contributed by atoms with van der Waals surface area (Å²) in [5, 5.41) is 0. The quantitative estimate of drug-likeness (QED) is 0.576. The highest BCUT2D eigenvalue weighted by Crippen LogP contribution is 2.30. The number of methoxy groups -OCH3 is 2. The lowest BCUT2D eigenvalue weighted by Crippen LogP contribution is -2.29. The highest BCUT2D eigenvalue weighted by molar-refractivity contribution is 5.46. The molecular weight excluding hydrogens is 409 g/mol. The van der Waals surface area contributed by atoms with Crippen molar-refractivity contribution in [2.45, 2.75) is 26.2 Å². The normalized spacial score (nSPS) is 11.3. The minimum atomic E-state index is -4.72. The van der Waals surface area contributed by atoms with Gasteiger partial charge in [0.2, 0.25) is 0 Å². The number of halogens is 3. The maximum atomic E-state index is 13.2. The summed E-state index contributed by atoms with van der Waals surface area (Å²) in [7, 11) is 3.14. The van der Waals surface area contributed by atoms with E-state index in [1.807, 2.05) is 53.4 Å². The second kappa shape index (κ2) is 9.16. The van der Waals surface area contributed by atoms with Gasteiger partial charge in [-0.1, -0.05) is 24.3 Å². The van der Waals surface area contributed by atoms with Gasteiger partial charge in [-0.15, -0.1) is 0 Å². The van der Waals surface area contributed by atoms with Crippen molar-refractivity contribution in [1.82, 2.24) is 4.98 Å². The predicted octanol–water partition coefficient (Wildman–Crippen LogP) is 4.93. The number of hydrogen-bond donors (Lipinski definition) is 1. The molecule has 0 saturated carbocycles. The standard InChI is InChI=1S/C23H23F3N2O3/c1-15-12-20(27-22(29)21(15)23(24,25)26)28(13-16-4-8-18(30-2)9-5-16)14-17-6-10-19(31-3)11-7-17/h4-12H,13-14H2,1-3H3,(H,27,29). The molecule has 0 saturated heterocycles. The SMILES string of the molecule is COc1ccc(CN(Cc2ccc(OC)cc2)c2cc(C)c(C(F)(F)F)c(=O)[nH]2)cc1. The van der Waals surface area contributed by atoms with Gasteiger partial charge in [0.25, 0.3) is 5.56 Å². The van der Waals surface area contributed by atoms with Gasteiger partial charge in [0.1, 0.15) is 22.9 Å². The van der Waals surface area contributed by atoms with Crippen molar-refractivity contribution in [3.63, 3.8) is 0 Å². The van der Waals surface area contributed by atoms with E-state index in [2.05, 4.69) is 4.98 Å². The van der Waals surface area contributed by atoms with Crippen LogP contribution in [0.5, 0.6) is 11.5 Å². The Morgan fingerprint density at radius 3 is 1.68 bits per heavy atom. The molecule has 0 aliphatic carbocycles. The van der Waals surface area contributed by atoms with Crippen molar-refractivity contribution in [1.29, 1.82) is 0 Å². The number of benzene rings is 2. The molecule has 0 spiro atoms. The Hall–Kier alpha value is -3.42. The van der Waals surface area contributed by atoms with Crippen LogP contribution >= 0.6 is 0 Å². The number of aromatic amines is 1. The van der Waals surface area contributed by atoms with Crippen molar-refractivity contribution in [2.24, 2.45) is 0 Å². The molecule has 0 aliphatic rings. The van der Waals surface area contributed by atoms with Gasteiger partial charge in [0.15, 0.2) is 0 Å². The Kier molecular flexibility index (Phi) is 6.58.